The number of carbonyl (C=O) groups is 2. The minimum absolute atomic E-state index is 0.0922. The van der Waals surface area contributed by atoms with Crippen molar-refractivity contribution in [2.24, 2.45) is 5.92 Å². The van der Waals surface area contributed by atoms with E-state index >= 15 is 0 Å². The van der Waals surface area contributed by atoms with E-state index in [2.05, 4.69) is 15.5 Å². The molecule has 0 bridgehead atoms. The third-order valence-electron chi connectivity index (χ3n) is 4.28. The molecule has 0 radical (unpaired) electrons. The molecule has 0 aliphatic carbocycles. The van der Waals surface area contributed by atoms with Crippen LogP contribution in [0.2, 0.25) is 0 Å². The van der Waals surface area contributed by atoms with Crippen LogP contribution in [0.15, 0.2) is 6.20 Å². The normalized spacial score (nSPS) is 20.2. The molecule has 7 nitrogen and oxygen atoms in total. The van der Waals surface area contributed by atoms with Gasteiger partial charge in [-0.2, -0.15) is 9.49 Å². The molecule has 1 aromatic heterocycles. The summed E-state index contributed by atoms with van der Waals surface area (Å²) in [6.07, 6.45) is 2.32. The summed E-state index contributed by atoms with van der Waals surface area (Å²) in [5.41, 5.74) is -1.01. The maximum atomic E-state index is 13.3. The molecule has 1 fully saturated rings. The van der Waals surface area contributed by atoms with Crippen molar-refractivity contribution < 1.29 is 18.7 Å². The zero-order chi connectivity index (χ0) is 18.8. The van der Waals surface area contributed by atoms with Gasteiger partial charge in [0.25, 0.3) is 5.91 Å². The Morgan fingerprint density at radius 1 is 1.48 bits per heavy atom. The first-order valence-corrected chi connectivity index (χ1v) is 8.47. The molecule has 8 heteroatoms. The molecule has 2 N–H and O–H groups in total. The number of ether oxygens (including phenoxy) is 1. The van der Waals surface area contributed by atoms with Crippen molar-refractivity contribution in [1.29, 1.82) is 0 Å². The first-order valence-electron chi connectivity index (χ1n) is 8.47. The van der Waals surface area contributed by atoms with Crippen LogP contribution in [0.25, 0.3) is 0 Å². The van der Waals surface area contributed by atoms with Crippen molar-refractivity contribution in [2.75, 3.05) is 13.1 Å². The number of aromatic nitrogens is 2. The van der Waals surface area contributed by atoms with Crippen molar-refractivity contribution in [3.8, 4) is 0 Å². The average molecular weight is 354 g/mol. The number of hydrogen-bond acceptors (Lipinski definition) is 4. The fourth-order valence-electron chi connectivity index (χ4n) is 3.12. The molecule has 2 rings (SSSR count). The second kappa shape index (κ2) is 7.01. The second-order valence-electron chi connectivity index (χ2n) is 8.11. The molecule has 1 aliphatic heterocycles. The van der Waals surface area contributed by atoms with Gasteiger partial charge >= 0.3 is 6.09 Å². The Morgan fingerprint density at radius 2 is 2.16 bits per heavy atom. The number of hydrogen-bond donors (Lipinski definition) is 2. The number of amides is 2. The van der Waals surface area contributed by atoms with E-state index < -0.39 is 17.5 Å². The van der Waals surface area contributed by atoms with Crippen LogP contribution >= 0.6 is 0 Å². The largest absolute Gasteiger partial charge is 0.444 e. The second-order valence-corrected chi connectivity index (χ2v) is 8.11. The zero-order valence-electron chi connectivity index (χ0n) is 15.5. The fraction of sp³-hybridized carbons (Fsp3) is 0.706. The number of rotatable bonds is 3. The van der Waals surface area contributed by atoms with Crippen LogP contribution in [0.4, 0.5) is 9.18 Å². The van der Waals surface area contributed by atoms with Crippen molar-refractivity contribution in [3.63, 3.8) is 0 Å². The number of carbonyl (C=O) groups excluding carboxylic acids is 2. The van der Waals surface area contributed by atoms with Gasteiger partial charge < -0.3 is 15.0 Å². The van der Waals surface area contributed by atoms with E-state index in [9.17, 15) is 14.0 Å². The van der Waals surface area contributed by atoms with Crippen molar-refractivity contribution in [1.82, 2.24) is 20.4 Å². The third kappa shape index (κ3) is 4.93. The van der Waals surface area contributed by atoms with Crippen molar-refractivity contribution >= 4 is 12.0 Å². The van der Waals surface area contributed by atoms with Gasteiger partial charge in [-0.1, -0.05) is 0 Å². The topological polar surface area (TPSA) is 87.3 Å². The van der Waals surface area contributed by atoms with E-state index in [-0.39, 0.29) is 23.1 Å². The van der Waals surface area contributed by atoms with Crippen LogP contribution in [-0.2, 0) is 4.74 Å². The molecular formula is C17H27FN4O3. The monoisotopic (exact) mass is 354 g/mol. The van der Waals surface area contributed by atoms with Crippen LogP contribution in [0.1, 0.15) is 57.8 Å². The minimum Gasteiger partial charge on any atom is -0.444 e. The highest BCUT2D eigenvalue weighted by Gasteiger charge is 2.39. The lowest BCUT2D eigenvalue weighted by molar-refractivity contribution is -0.0146. The molecule has 0 saturated carbocycles. The minimum atomic E-state index is -0.738. The fourth-order valence-corrected chi connectivity index (χ4v) is 3.12. The Labute approximate surface area is 147 Å². The van der Waals surface area contributed by atoms with Gasteiger partial charge in [0.05, 0.1) is 6.20 Å². The van der Waals surface area contributed by atoms with Gasteiger partial charge in [-0.15, -0.1) is 0 Å². The molecule has 140 valence electrons. The van der Waals surface area contributed by atoms with Crippen LogP contribution < -0.4 is 5.32 Å². The lowest BCUT2D eigenvalue weighted by atomic mass is 9.83. The average Bonchev–Trinajstić information content (AvgIpc) is 2.88. The van der Waals surface area contributed by atoms with E-state index in [1.54, 1.807) is 4.90 Å². The summed E-state index contributed by atoms with van der Waals surface area (Å²) in [5.74, 6) is -1.02. The summed E-state index contributed by atoms with van der Waals surface area (Å²) < 4.78 is 18.8. The Bertz CT molecular complexity index is 636. The Kier molecular flexibility index (Phi) is 5.39. The van der Waals surface area contributed by atoms with Gasteiger partial charge in [-0.3, -0.25) is 9.89 Å². The van der Waals surface area contributed by atoms with Gasteiger partial charge in [-0.05, 0) is 53.4 Å². The lowest BCUT2D eigenvalue weighted by Crippen LogP contribution is -2.55. The molecule has 1 unspecified atom stereocenters. The number of nitrogens with one attached hydrogen (secondary N) is 2. The lowest BCUT2D eigenvalue weighted by Gasteiger charge is -2.45. The van der Waals surface area contributed by atoms with E-state index in [0.29, 0.717) is 13.1 Å². The van der Waals surface area contributed by atoms with Crippen LogP contribution in [0.3, 0.4) is 0 Å². The molecular weight excluding hydrogens is 327 g/mol. The summed E-state index contributed by atoms with van der Waals surface area (Å²) >= 11 is 0. The third-order valence-corrected chi connectivity index (χ3v) is 4.28. The zero-order valence-corrected chi connectivity index (χ0v) is 15.5. The molecule has 1 atom stereocenters. The summed E-state index contributed by atoms with van der Waals surface area (Å²) in [5, 5.41) is 8.34. The highest BCUT2D eigenvalue weighted by Crippen LogP contribution is 2.32. The van der Waals surface area contributed by atoms with E-state index in [1.807, 2.05) is 34.6 Å². The van der Waals surface area contributed by atoms with Gasteiger partial charge in [0.2, 0.25) is 5.95 Å². The Balaban J connectivity index is 1.90. The van der Waals surface area contributed by atoms with Gasteiger partial charge in [0.15, 0.2) is 0 Å². The molecule has 1 aliphatic rings. The number of aromatic amines is 1. The molecule has 1 aromatic rings. The number of halogens is 1. The molecule has 25 heavy (non-hydrogen) atoms. The summed E-state index contributed by atoms with van der Waals surface area (Å²) in [7, 11) is 0. The maximum Gasteiger partial charge on any atom is 0.410 e. The van der Waals surface area contributed by atoms with Crippen molar-refractivity contribution in [2.45, 2.75) is 58.6 Å². The number of piperidine rings is 1. The number of likely N-dealkylation sites (tertiary alicyclic amines) is 1. The Morgan fingerprint density at radius 3 is 2.68 bits per heavy atom. The summed E-state index contributed by atoms with van der Waals surface area (Å²) in [4.78, 5) is 26.1. The van der Waals surface area contributed by atoms with E-state index in [4.69, 9.17) is 4.74 Å². The van der Waals surface area contributed by atoms with Gasteiger partial charge in [0, 0.05) is 18.6 Å². The van der Waals surface area contributed by atoms with E-state index in [0.717, 1.165) is 12.8 Å². The number of H-pyrrole nitrogens is 1. The SMILES string of the molecule is CC(C)(C)OC(=O)N1CCC(CNC(=O)c2cn[nH]c2F)CC1(C)C. The standard InChI is InChI=1S/C17H27FN4O3/c1-16(2,3)25-15(24)22-7-6-11(8-17(22,4)5)9-19-14(23)12-10-20-21-13(12)18/h10-11H,6-9H2,1-5H3,(H,19,23)(H,20,21). The molecule has 2 amide bonds. The maximum absolute atomic E-state index is 13.3. The molecule has 0 aromatic carbocycles. The molecule has 0 spiro atoms. The van der Waals surface area contributed by atoms with Crippen LogP contribution in [0.5, 0.6) is 0 Å². The highest BCUT2D eigenvalue weighted by molar-refractivity contribution is 5.93. The first kappa shape index (κ1) is 19.2. The van der Waals surface area contributed by atoms with Crippen LogP contribution in [-0.4, -0.2) is 51.3 Å². The summed E-state index contributed by atoms with van der Waals surface area (Å²) in [6.45, 7) is 10.5. The predicted octanol–water partition coefficient (Wildman–Crippen LogP) is 2.70. The smallest absolute Gasteiger partial charge is 0.410 e. The van der Waals surface area contributed by atoms with E-state index in [1.165, 1.54) is 6.20 Å². The molecule has 1 saturated heterocycles. The number of nitrogens with zero attached hydrogens (tertiary/aromatic N) is 2. The molecule has 2 heterocycles. The quantitative estimate of drug-likeness (QED) is 0.874. The van der Waals surface area contributed by atoms with Gasteiger partial charge in [-0.25, -0.2) is 4.79 Å². The highest BCUT2D eigenvalue weighted by atomic mass is 19.1. The van der Waals surface area contributed by atoms with Crippen LogP contribution in [0, 0.1) is 11.9 Å². The summed E-state index contributed by atoms with van der Waals surface area (Å²) in [6, 6.07) is 0. The predicted molar refractivity (Wildman–Crippen MR) is 90.6 cm³/mol. The van der Waals surface area contributed by atoms with Gasteiger partial charge in [0.1, 0.15) is 11.2 Å². The van der Waals surface area contributed by atoms with Crippen molar-refractivity contribution in [3.05, 3.63) is 17.7 Å². The Hall–Kier alpha value is -2.12. The first-order chi connectivity index (χ1) is 11.5.